The Bertz CT molecular complexity index is 489. The van der Waals surface area contributed by atoms with Crippen molar-refractivity contribution in [3.63, 3.8) is 0 Å². The Morgan fingerprint density at radius 3 is 2.53 bits per heavy atom. The standard InChI is InChI=1S/C10H10FNO4S/c11-8-3-6(10(12)15)1-2-7(8)4-17(16)5-9(13)14/h1-3H,4-5H2,(H2,12,15)(H,13,14). The number of amides is 1. The van der Waals surface area contributed by atoms with Crippen LogP contribution in [0.2, 0.25) is 0 Å². The molecular formula is C10H10FNO4S. The van der Waals surface area contributed by atoms with Gasteiger partial charge in [0, 0.05) is 21.9 Å². The average Bonchev–Trinajstić information content (AvgIpc) is 2.19. The second-order valence-corrected chi connectivity index (χ2v) is 4.75. The smallest absolute Gasteiger partial charge is 0.316 e. The average molecular weight is 259 g/mol. The Labute approximate surface area is 98.9 Å². The fraction of sp³-hybridized carbons (Fsp3) is 0.200. The molecule has 92 valence electrons. The summed E-state index contributed by atoms with van der Waals surface area (Å²) in [5, 5.41) is 8.40. The lowest BCUT2D eigenvalue weighted by molar-refractivity contribution is -0.133. The van der Waals surface area contributed by atoms with Crippen molar-refractivity contribution in [1.82, 2.24) is 0 Å². The molecule has 0 spiro atoms. The van der Waals surface area contributed by atoms with Crippen LogP contribution in [0.4, 0.5) is 4.39 Å². The number of aliphatic carboxylic acids is 1. The van der Waals surface area contributed by atoms with Crippen molar-refractivity contribution < 1.29 is 23.3 Å². The highest BCUT2D eigenvalue weighted by atomic mass is 32.2. The van der Waals surface area contributed by atoms with E-state index in [4.69, 9.17) is 10.8 Å². The topological polar surface area (TPSA) is 97.5 Å². The lowest BCUT2D eigenvalue weighted by Crippen LogP contribution is -2.13. The van der Waals surface area contributed by atoms with Crippen molar-refractivity contribution in [2.75, 3.05) is 5.75 Å². The molecule has 1 atom stereocenters. The van der Waals surface area contributed by atoms with Gasteiger partial charge in [0.2, 0.25) is 5.91 Å². The fourth-order valence-electron chi connectivity index (χ4n) is 1.18. The van der Waals surface area contributed by atoms with Crippen molar-refractivity contribution in [2.24, 2.45) is 5.73 Å². The molecule has 1 aromatic carbocycles. The van der Waals surface area contributed by atoms with E-state index < -0.39 is 34.2 Å². The number of hydrogen-bond donors (Lipinski definition) is 2. The minimum Gasteiger partial charge on any atom is -0.481 e. The molecule has 0 aliphatic carbocycles. The highest BCUT2D eigenvalue weighted by Crippen LogP contribution is 2.12. The summed E-state index contributed by atoms with van der Waals surface area (Å²) in [7, 11) is -1.68. The van der Waals surface area contributed by atoms with Gasteiger partial charge in [-0.3, -0.25) is 13.8 Å². The molecule has 0 aliphatic heterocycles. The third-order valence-corrected chi connectivity index (χ3v) is 3.14. The highest BCUT2D eigenvalue weighted by molar-refractivity contribution is 7.84. The summed E-state index contributed by atoms with van der Waals surface area (Å²) in [5.41, 5.74) is 5.06. The molecule has 1 aromatic rings. The third kappa shape index (κ3) is 3.95. The molecule has 0 aliphatic rings. The minimum atomic E-state index is -1.68. The Kier molecular flexibility index (Phi) is 4.33. The van der Waals surface area contributed by atoms with E-state index in [0.29, 0.717) is 0 Å². The second kappa shape index (κ2) is 5.53. The second-order valence-electron chi connectivity index (χ2n) is 3.29. The molecule has 0 saturated heterocycles. The van der Waals surface area contributed by atoms with E-state index in [1.165, 1.54) is 12.1 Å². The number of hydrogen-bond acceptors (Lipinski definition) is 3. The van der Waals surface area contributed by atoms with Crippen molar-refractivity contribution in [1.29, 1.82) is 0 Å². The number of carbonyl (C=O) groups excluding carboxylic acids is 1. The number of carbonyl (C=O) groups is 2. The zero-order valence-corrected chi connectivity index (χ0v) is 9.50. The van der Waals surface area contributed by atoms with E-state index in [1.54, 1.807) is 0 Å². The van der Waals surface area contributed by atoms with Gasteiger partial charge < -0.3 is 10.8 Å². The minimum absolute atomic E-state index is 0.00951. The summed E-state index contributed by atoms with van der Waals surface area (Å²) in [6.45, 7) is 0. The number of nitrogens with two attached hydrogens (primary N) is 1. The maximum atomic E-state index is 13.4. The van der Waals surface area contributed by atoms with E-state index in [1.807, 2.05) is 0 Å². The number of rotatable bonds is 5. The SMILES string of the molecule is NC(=O)c1ccc(CS(=O)CC(=O)O)c(F)c1. The summed E-state index contributed by atoms with van der Waals surface area (Å²) in [6.07, 6.45) is 0. The van der Waals surface area contributed by atoms with Crippen LogP contribution in [-0.4, -0.2) is 26.9 Å². The summed E-state index contributed by atoms with van der Waals surface area (Å²) >= 11 is 0. The van der Waals surface area contributed by atoms with Gasteiger partial charge >= 0.3 is 5.97 Å². The maximum absolute atomic E-state index is 13.4. The molecule has 1 unspecified atom stereocenters. The van der Waals surface area contributed by atoms with E-state index in [9.17, 15) is 18.2 Å². The number of primary amides is 1. The normalized spacial score (nSPS) is 12.1. The maximum Gasteiger partial charge on any atom is 0.316 e. The molecule has 0 bridgehead atoms. The quantitative estimate of drug-likeness (QED) is 0.792. The molecule has 0 aromatic heterocycles. The molecule has 0 fully saturated rings. The van der Waals surface area contributed by atoms with E-state index in [2.05, 4.69) is 0 Å². The van der Waals surface area contributed by atoms with Crippen LogP contribution in [0.25, 0.3) is 0 Å². The van der Waals surface area contributed by atoms with Gasteiger partial charge in [-0.25, -0.2) is 4.39 Å². The van der Waals surface area contributed by atoms with E-state index >= 15 is 0 Å². The van der Waals surface area contributed by atoms with Gasteiger partial charge in [-0.1, -0.05) is 6.07 Å². The monoisotopic (exact) mass is 259 g/mol. The zero-order valence-electron chi connectivity index (χ0n) is 8.68. The molecule has 0 heterocycles. The largest absolute Gasteiger partial charge is 0.481 e. The first kappa shape index (κ1) is 13.3. The number of carboxylic acid groups (broad SMARTS) is 1. The van der Waals surface area contributed by atoms with Crippen LogP contribution in [0, 0.1) is 5.82 Å². The van der Waals surface area contributed by atoms with Crippen LogP contribution >= 0.6 is 0 Å². The van der Waals surface area contributed by atoms with Gasteiger partial charge in [0.1, 0.15) is 11.6 Å². The first-order valence-electron chi connectivity index (χ1n) is 4.55. The molecule has 3 N–H and O–H groups in total. The van der Waals surface area contributed by atoms with Crippen LogP contribution in [-0.2, 0) is 21.3 Å². The predicted octanol–water partition coefficient (Wildman–Crippen LogP) is 0.258. The van der Waals surface area contributed by atoms with Crippen molar-refractivity contribution in [2.45, 2.75) is 5.75 Å². The van der Waals surface area contributed by atoms with Gasteiger partial charge in [0.25, 0.3) is 0 Å². The Morgan fingerprint density at radius 2 is 2.06 bits per heavy atom. The lowest BCUT2D eigenvalue weighted by atomic mass is 10.1. The Hall–Kier alpha value is -1.76. The molecule has 7 heteroatoms. The Balaban J connectivity index is 2.83. The van der Waals surface area contributed by atoms with Crippen LogP contribution < -0.4 is 5.73 Å². The van der Waals surface area contributed by atoms with Gasteiger partial charge in [-0.2, -0.15) is 0 Å². The van der Waals surface area contributed by atoms with Crippen molar-refractivity contribution in [3.8, 4) is 0 Å². The fourth-order valence-corrected chi connectivity index (χ4v) is 2.14. The molecule has 0 radical (unpaired) electrons. The van der Waals surface area contributed by atoms with Crippen LogP contribution in [0.15, 0.2) is 18.2 Å². The van der Waals surface area contributed by atoms with E-state index in [-0.39, 0.29) is 16.9 Å². The summed E-state index contributed by atoms with van der Waals surface area (Å²) < 4.78 is 24.7. The molecule has 5 nitrogen and oxygen atoms in total. The summed E-state index contributed by atoms with van der Waals surface area (Å²) in [5.74, 6) is -3.45. The first-order chi connectivity index (χ1) is 7.90. The van der Waals surface area contributed by atoms with Crippen LogP contribution in [0.5, 0.6) is 0 Å². The Morgan fingerprint density at radius 1 is 1.41 bits per heavy atom. The highest BCUT2D eigenvalue weighted by Gasteiger charge is 2.12. The zero-order chi connectivity index (χ0) is 13.0. The summed E-state index contributed by atoms with van der Waals surface area (Å²) in [4.78, 5) is 21.0. The number of halogens is 1. The molecule has 17 heavy (non-hydrogen) atoms. The van der Waals surface area contributed by atoms with Crippen molar-refractivity contribution in [3.05, 3.63) is 35.1 Å². The summed E-state index contributed by atoms with van der Waals surface area (Å²) in [6, 6.07) is 3.52. The number of carboxylic acids is 1. The van der Waals surface area contributed by atoms with Gasteiger partial charge in [-0.05, 0) is 12.1 Å². The first-order valence-corrected chi connectivity index (χ1v) is 6.04. The molecule has 0 saturated carbocycles. The third-order valence-electron chi connectivity index (χ3n) is 1.94. The van der Waals surface area contributed by atoms with Crippen molar-refractivity contribution >= 4 is 22.7 Å². The predicted molar refractivity (Wildman–Crippen MR) is 59.3 cm³/mol. The number of benzene rings is 1. The van der Waals surface area contributed by atoms with Crippen LogP contribution in [0.1, 0.15) is 15.9 Å². The van der Waals surface area contributed by atoms with Crippen LogP contribution in [0.3, 0.4) is 0 Å². The van der Waals surface area contributed by atoms with E-state index in [0.717, 1.165) is 6.07 Å². The molecular weight excluding hydrogens is 249 g/mol. The molecule has 1 amide bonds. The lowest BCUT2D eigenvalue weighted by Gasteiger charge is -2.03. The van der Waals surface area contributed by atoms with Gasteiger partial charge in [0.15, 0.2) is 0 Å². The van der Waals surface area contributed by atoms with Gasteiger partial charge in [-0.15, -0.1) is 0 Å². The molecule has 1 rings (SSSR count). The van der Waals surface area contributed by atoms with Gasteiger partial charge in [0.05, 0.1) is 5.75 Å².